The Morgan fingerprint density at radius 3 is 2.17 bits per heavy atom. The molecule has 0 radical (unpaired) electrons. The van der Waals surface area contributed by atoms with Crippen molar-refractivity contribution in [3.63, 3.8) is 0 Å². The van der Waals surface area contributed by atoms with Gasteiger partial charge < -0.3 is 4.74 Å². The number of hydrogen-bond donors (Lipinski definition) is 0. The van der Waals surface area contributed by atoms with Crippen LogP contribution in [0.2, 0.25) is 0 Å². The highest BCUT2D eigenvalue weighted by molar-refractivity contribution is 5.43. The number of aromatic nitrogens is 1. The van der Waals surface area contributed by atoms with Crippen molar-refractivity contribution in [1.29, 1.82) is 0 Å². The number of ether oxygens (including phenoxy) is 1. The van der Waals surface area contributed by atoms with Gasteiger partial charge in [0.15, 0.2) is 0 Å². The van der Waals surface area contributed by atoms with E-state index >= 15 is 0 Å². The lowest BCUT2D eigenvalue weighted by molar-refractivity contribution is -0.389. The number of pyridine rings is 1. The van der Waals surface area contributed by atoms with Crippen molar-refractivity contribution in [2.45, 2.75) is 12.5 Å². The van der Waals surface area contributed by atoms with E-state index in [9.17, 15) is 36.5 Å². The fourth-order valence-corrected chi connectivity index (χ4v) is 0.915. The summed E-state index contributed by atoms with van der Waals surface area (Å²) in [7, 11) is 0. The molecule has 0 atom stereocenters. The van der Waals surface area contributed by atoms with Crippen LogP contribution >= 0.6 is 0 Å². The van der Waals surface area contributed by atoms with E-state index in [1.54, 1.807) is 0 Å². The van der Waals surface area contributed by atoms with Crippen molar-refractivity contribution < 1.29 is 36.0 Å². The van der Waals surface area contributed by atoms with E-state index in [-0.39, 0.29) is 12.3 Å². The van der Waals surface area contributed by atoms with Gasteiger partial charge in [-0.25, -0.2) is 4.98 Å². The van der Waals surface area contributed by atoms with Crippen LogP contribution in [0.4, 0.5) is 32.0 Å². The summed E-state index contributed by atoms with van der Waals surface area (Å²) in [6.45, 7) is 0. The Kier molecular flexibility index (Phi) is 3.35. The van der Waals surface area contributed by atoms with Crippen LogP contribution in [0.3, 0.4) is 0 Å². The van der Waals surface area contributed by atoms with Gasteiger partial charge in [0.1, 0.15) is 0 Å². The second-order valence-corrected chi connectivity index (χ2v) is 2.85. The third-order valence-electron chi connectivity index (χ3n) is 1.57. The van der Waals surface area contributed by atoms with E-state index < -0.39 is 34.6 Å². The van der Waals surface area contributed by atoms with Crippen molar-refractivity contribution in [2.24, 2.45) is 0 Å². The molecule has 0 fully saturated rings. The van der Waals surface area contributed by atoms with Gasteiger partial charge in [-0.3, -0.25) is 10.1 Å². The third kappa shape index (κ3) is 3.46. The van der Waals surface area contributed by atoms with Crippen LogP contribution in [0.1, 0.15) is 5.56 Å². The van der Waals surface area contributed by atoms with E-state index in [1.807, 2.05) is 0 Å². The summed E-state index contributed by atoms with van der Waals surface area (Å²) in [5, 5.41) is 10.3. The van der Waals surface area contributed by atoms with Crippen molar-refractivity contribution in [3.8, 4) is 5.88 Å². The molecular formula is C7H2F6N2O3. The van der Waals surface area contributed by atoms with Crippen LogP contribution in [-0.2, 0) is 6.18 Å². The maximum atomic E-state index is 12.2. The van der Waals surface area contributed by atoms with Crippen molar-refractivity contribution in [2.75, 3.05) is 0 Å². The molecule has 0 bridgehead atoms. The Balaban J connectivity index is 3.26. The highest BCUT2D eigenvalue weighted by Gasteiger charge is 2.38. The number of nitro groups is 1. The molecule has 1 heterocycles. The quantitative estimate of drug-likeness (QED) is 0.473. The Hall–Kier alpha value is -2.07. The first-order valence-electron chi connectivity index (χ1n) is 3.98. The minimum absolute atomic E-state index is 0.00801. The summed E-state index contributed by atoms with van der Waals surface area (Å²) in [5.41, 5.74) is -3.08. The molecule has 0 saturated heterocycles. The molecular weight excluding hydrogens is 274 g/mol. The highest BCUT2D eigenvalue weighted by atomic mass is 19.4. The lowest BCUT2D eigenvalue weighted by Crippen LogP contribution is -2.19. The Morgan fingerprint density at radius 1 is 1.22 bits per heavy atom. The average Bonchev–Trinajstić information content (AvgIpc) is 2.13. The largest absolute Gasteiger partial charge is 0.574 e. The van der Waals surface area contributed by atoms with Crippen molar-refractivity contribution in [3.05, 3.63) is 27.9 Å². The minimum atomic E-state index is -5.29. The molecule has 0 aliphatic rings. The molecule has 1 aromatic rings. The lowest BCUT2D eigenvalue weighted by Gasteiger charge is -2.10. The van der Waals surface area contributed by atoms with E-state index in [4.69, 9.17) is 0 Å². The van der Waals surface area contributed by atoms with Crippen LogP contribution in [0.25, 0.3) is 0 Å². The molecule has 0 aliphatic carbocycles. The first-order valence-corrected chi connectivity index (χ1v) is 3.98. The van der Waals surface area contributed by atoms with Gasteiger partial charge in [0.2, 0.25) is 0 Å². The van der Waals surface area contributed by atoms with E-state index in [0.29, 0.717) is 0 Å². The predicted octanol–water partition coefficient (Wildman–Crippen LogP) is 2.91. The average molecular weight is 276 g/mol. The van der Waals surface area contributed by atoms with Gasteiger partial charge in [0, 0.05) is 12.3 Å². The summed E-state index contributed by atoms with van der Waals surface area (Å²) < 4.78 is 75.1. The highest BCUT2D eigenvalue weighted by Crippen LogP contribution is 2.36. The molecule has 0 saturated carbocycles. The van der Waals surface area contributed by atoms with E-state index in [1.165, 1.54) is 0 Å². The van der Waals surface area contributed by atoms with Gasteiger partial charge in [-0.2, -0.15) is 13.2 Å². The number of nitrogens with zero attached hydrogens (tertiary/aromatic N) is 2. The molecule has 1 aromatic heterocycles. The van der Waals surface area contributed by atoms with Gasteiger partial charge in [-0.15, -0.1) is 13.2 Å². The van der Waals surface area contributed by atoms with Gasteiger partial charge in [0.05, 0.1) is 10.5 Å². The molecule has 11 heteroatoms. The zero-order valence-electron chi connectivity index (χ0n) is 8.04. The molecule has 0 N–H and O–H groups in total. The van der Waals surface area contributed by atoms with E-state index in [2.05, 4.69) is 9.72 Å². The standard InChI is InChI=1S/C7H2F6N2O3/c8-6(9,10)3-1-4(15(16)17)5(14-2-3)18-7(11,12)13/h1-2H. The number of hydrogen-bond acceptors (Lipinski definition) is 4. The monoisotopic (exact) mass is 276 g/mol. The second-order valence-electron chi connectivity index (χ2n) is 2.85. The first kappa shape index (κ1) is 14.0. The number of rotatable bonds is 2. The summed E-state index contributed by atoms with van der Waals surface area (Å²) in [4.78, 5) is 11.5. The maximum absolute atomic E-state index is 12.2. The van der Waals surface area contributed by atoms with E-state index in [0.717, 1.165) is 0 Å². The smallest absolute Gasteiger partial charge is 0.381 e. The van der Waals surface area contributed by atoms with Crippen molar-refractivity contribution in [1.82, 2.24) is 4.98 Å². The summed E-state index contributed by atoms with van der Waals surface area (Å²) in [6.07, 6.45) is -10.2. The van der Waals surface area contributed by atoms with Crippen LogP contribution < -0.4 is 4.74 Å². The third-order valence-corrected chi connectivity index (χ3v) is 1.57. The normalized spacial score (nSPS) is 12.3. The van der Waals surface area contributed by atoms with Gasteiger partial charge in [0.25, 0.3) is 0 Å². The maximum Gasteiger partial charge on any atom is 0.574 e. The molecule has 0 unspecified atom stereocenters. The van der Waals surface area contributed by atoms with Crippen LogP contribution in [0.5, 0.6) is 5.88 Å². The molecule has 100 valence electrons. The lowest BCUT2D eigenvalue weighted by atomic mass is 10.2. The fourth-order valence-electron chi connectivity index (χ4n) is 0.915. The molecule has 0 aliphatic heterocycles. The zero-order valence-corrected chi connectivity index (χ0v) is 8.04. The minimum Gasteiger partial charge on any atom is -0.381 e. The predicted molar refractivity (Wildman–Crippen MR) is 42.6 cm³/mol. The summed E-state index contributed by atoms with van der Waals surface area (Å²) in [5.74, 6) is -1.56. The molecule has 18 heavy (non-hydrogen) atoms. The molecule has 0 amide bonds. The van der Waals surface area contributed by atoms with Gasteiger partial charge >= 0.3 is 24.1 Å². The van der Waals surface area contributed by atoms with Crippen LogP contribution in [0, 0.1) is 10.1 Å². The Bertz CT molecular complexity index is 469. The number of alkyl halides is 6. The summed E-state index contributed by atoms with van der Waals surface area (Å²) in [6, 6.07) is -0.0892. The number of halogens is 6. The van der Waals surface area contributed by atoms with Gasteiger partial charge in [-0.1, -0.05) is 0 Å². The molecule has 0 spiro atoms. The van der Waals surface area contributed by atoms with Crippen molar-refractivity contribution >= 4 is 5.69 Å². The first-order chi connectivity index (χ1) is 8.00. The van der Waals surface area contributed by atoms with Gasteiger partial charge in [-0.05, 0) is 0 Å². The zero-order chi connectivity index (χ0) is 14.1. The summed E-state index contributed by atoms with van der Waals surface area (Å²) >= 11 is 0. The Labute approximate surface area is 94.1 Å². The molecule has 1 rings (SSSR count). The SMILES string of the molecule is O=[N+]([O-])c1cc(C(F)(F)F)cnc1OC(F)(F)F. The van der Waals surface area contributed by atoms with Crippen LogP contribution in [-0.4, -0.2) is 16.3 Å². The fraction of sp³-hybridized carbons (Fsp3) is 0.286. The molecule has 0 aromatic carbocycles. The second kappa shape index (κ2) is 4.31. The van der Waals surface area contributed by atoms with Crippen LogP contribution in [0.15, 0.2) is 12.3 Å². The Morgan fingerprint density at radius 2 is 1.78 bits per heavy atom. The molecule has 5 nitrogen and oxygen atoms in total. The topological polar surface area (TPSA) is 65.3 Å².